The Labute approximate surface area is 182 Å². The lowest BCUT2D eigenvalue weighted by Gasteiger charge is -2.25. The van der Waals surface area contributed by atoms with Crippen molar-refractivity contribution in [3.8, 4) is 10.4 Å². The van der Waals surface area contributed by atoms with Gasteiger partial charge in [0.1, 0.15) is 18.0 Å². The zero-order valence-corrected chi connectivity index (χ0v) is 17.4. The molecule has 0 radical (unpaired) electrons. The van der Waals surface area contributed by atoms with Crippen molar-refractivity contribution in [3.05, 3.63) is 101 Å². The maximum absolute atomic E-state index is 13.5. The number of halogens is 2. The van der Waals surface area contributed by atoms with Crippen molar-refractivity contribution in [2.24, 2.45) is 4.99 Å². The Bertz CT molecular complexity index is 1200. The highest BCUT2D eigenvalue weighted by atomic mass is 35.5. The summed E-state index contributed by atoms with van der Waals surface area (Å²) < 4.78 is 21.6. The maximum atomic E-state index is 13.5. The number of aliphatic imine (C=N–C) groups is 1. The van der Waals surface area contributed by atoms with Crippen LogP contribution in [0.4, 0.5) is 4.39 Å². The van der Waals surface area contributed by atoms with Crippen LogP contribution in [0, 0.1) is 5.82 Å². The Morgan fingerprint density at radius 2 is 1.87 bits per heavy atom. The van der Waals surface area contributed by atoms with Gasteiger partial charge in [-0.05, 0) is 35.9 Å². The van der Waals surface area contributed by atoms with Gasteiger partial charge in [0.2, 0.25) is 5.90 Å². The van der Waals surface area contributed by atoms with Crippen LogP contribution in [0.5, 0.6) is 0 Å². The van der Waals surface area contributed by atoms with Crippen molar-refractivity contribution in [1.29, 1.82) is 0 Å². The Hall–Kier alpha value is -2.96. The van der Waals surface area contributed by atoms with Gasteiger partial charge in [-0.15, -0.1) is 11.3 Å². The fraction of sp³-hybridized carbons (Fsp3) is 0.130. The van der Waals surface area contributed by atoms with E-state index in [2.05, 4.69) is 4.98 Å². The standard InChI is InChI=1S/C23H17ClFN3OS/c24-19-4-2-1-3-18(19)20-9-10-21(30-20)22-27-23(14-29-22,13-28-12-11-26-15-28)16-5-7-17(25)8-6-16/h1-12,15H,13-14H2. The van der Waals surface area contributed by atoms with Gasteiger partial charge in [-0.25, -0.2) is 14.4 Å². The van der Waals surface area contributed by atoms with E-state index in [9.17, 15) is 4.39 Å². The third kappa shape index (κ3) is 3.53. The molecule has 7 heteroatoms. The van der Waals surface area contributed by atoms with Gasteiger partial charge in [0, 0.05) is 27.9 Å². The van der Waals surface area contributed by atoms with E-state index in [4.69, 9.17) is 21.3 Å². The first kappa shape index (κ1) is 19.0. The predicted molar refractivity (Wildman–Crippen MR) is 118 cm³/mol. The van der Waals surface area contributed by atoms with Crippen LogP contribution in [0.15, 0.2) is 84.4 Å². The molecule has 4 aromatic rings. The minimum Gasteiger partial charge on any atom is -0.474 e. The normalized spacial score (nSPS) is 18.3. The van der Waals surface area contributed by atoms with Gasteiger partial charge in [0.15, 0.2) is 0 Å². The van der Waals surface area contributed by atoms with E-state index in [1.807, 2.05) is 47.2 Å². The number of benzene rings is 2. The molecule has 0 saturated heterocycles. The molecule has 1 aliphatic rings. The van der Waals surface area contributed by atoms with Crippen LogP contribution in [0.2, 0.25) is 5.02 Å². The summed E-state index contributed by atoms with van der Waals surface area (Å²) in [7, 11) is 0. The van der Waals surface area contributed by atoms with Crippen LogP contribution in [0.25, 0.3) is 10.4 Å². The van der Waals surface area contributed by atoms with Crippen LogP contribution in [0.1, 0.15) is 10.4 Å². The maximum Gasteiger partial charge on any atom is 0.227 e. The summed E-state index contributed by atoms with van der Waals surface area (Å²) in [4.78, 5) is 11.1. The monoisotopic (exact) mass is 437 g/mol. The topological polar surface area (TPSA) is 39.4 Å². The minimum absolute atomic E-state index is 0.276. The van der Waals surface area contributed by atoms with E-state index >= 15 is 0 Å². The van der Waals surface area contributed by atoms with E-state index < -0.39 is 5.54 Å². The largest absolute Gasteiger partial charge is 0.474 e. The van der Waals surface area contributed by atoms with E-state index in [1.165, 1.54) is 12.1 Å². The molecular formula is C23H17ClFN3OS. The zero-order valence-electron chi connectivity index (χ0n) is 15.8. The summed E-state index contributed by atoms with van der Waals surface area (Å²) in [6.07, 6.45) is 5.37. The Balaban J connectivity index is 1.53. The molecule has 1 unspecified atom stereocenters. The molecule has 30 heavy (non-hydrogen) atoms. The second-order valence-electron chi connectivity index (χ2n) is 7.12. The fourth-order valence-corrected chi connectivity index (χ4v) is 4.88. The van der Waals surface area contributed by atoms with E-state index in [1.54, 1.807) is 36.0 Å². The van der Waals surface area contributed by atoms with E-state index in [-0.39, 0.29) is 5.82 Å². The quantitative estimate of drug-likeness (QED) is 0.397. The van der Waals surface area contributed by atoms with Gasteiger partial charge in [-0.1, -0.05) is 41.9 Å². The summed E-state index contributed by atoms with van der Waals surface area (Å²) >= 11 is 7.94. The van der Waals surface area contributed by atoms with Crippen molar-refractivity contribution in [3.63, 3.8) is 0 Å². The molecule has 0 saturated carbocycles. The van der Waals surface area contributed by atoms with Crippen molar-refractivity contribution < 1.29 is 9.13 Å². The zero-order chi connectivity index (χ0) is 20.6. The first-order valence-electron chi connectivity index (χ1n) is 9.43. The Morgan fingerprint density at radius 1 is 1.07 bits per heavy atom. The number of aromatic nitrogens is 2. The van der Waals surface area contributed by atoms with E-state index in [0.717, 1.165) is 20.9 Å². The van der Waals surface area contributed by atoms with Crippen molar-refractivity contribution in [2.45, 2.75) is 12.1 Å². The van der Waals surface area contributed by atoms with Crippen molar-refractivity contribution in [2.75, 3.05) is 6.61 Å². The third-order valence-electron chi connectivity index (χ3n) is 5.10. The number of hydrogen-bond acceptors (Lipinski definition) is 4. The molecule has 3 heterocycles. The molecule has 0 bridgehead atoms. The number of imidazole rings is 1. The smallest absolute Gasteiger partial charge is 0.227 e. The molecule has 1 atom stereocenters. The molecule has 2 aromatic heterocycles. The molecule has 0 spiro atoms. The van der Waals surface area contributed by atoms with Gasteiger partial charge < -0.3 is 9.30 Å². The predicted octanol–water partition coefficient (Wildman–Crippen LogP) is 5.78. The lowest BCUT2D eigenvalue weighted by Crippen LogP contribution is -2.31. The molecule has 150 valence electrons. The molecule has 0 fully saturated rings. The number of ether oxygens (including phenoxy) is 1. The number of nitrogens with zero attached hydrogens (tertiary/aromatic N) is 3. The number of thiophene rings is 1. The van der Waals surface area contributed by atoms with Gasteiger partial charge in [-0.2, -0.15) is 0 Å². The molecule has 0 N–H and O–H groups in total. The lowest BCUT2D eigenvalue weighted by molar-refractivity contribution is 0.236. The minimum atomic E-state index is -0.654. The highest BCUT2D eigenvalue weighted by Gasteiger charge is 2.39. The Kier molecular flexibility index (Phi) is 4.89. The first-order chi connectivity index (χ1) is 14.6. The van der Waals surface area contributed by atoms with Crippen LogP contribution in [-0.4, -0.2) is 22.1 Å². The van der Waals surface area contributed by atoms with Gasteiger partial charge >= 0.3 is 0 Å². The van der Waals surface area contributed by atoms with Gasteiger partial charge in [0.05, 0.1) is 17.7 Å². The average Bonchev–Trinajstić information content (AvgIpc) is 3.50. The summed E-state index contributed by atoms with van der Waals surface area (Å²) in [6, 6.07) is 18.2. The lowest BCUT2D eigenvalue weighted by atomic mass is 9.91. The van der Waals surface area contributed by atoms with Crippen molar-refractivity contribution in [1.82, 2.24) is 9.55 Å². The summed E-state index contributed by atoms with van der Waals surface area (Å²) in [5.74, 6) is 0.310. The van der Waals surface area contributed by atoms with Crippen molar-refractivity contribution >= 4 is 28.8 Å². The molecular weight excluding hydrogens is 421 g/mol. The molecule has 2 aromatic carbocycles. The summed E-state index contributed by atoms with van der Waals surface area (Å²) in [6.45, 7) is 0.913. The molecule has 0 aliphatic carbocycles. The first-order valence-corrected chi connectivity index (χ1v) is 10.6. The molecule has 0 amide bonds. The summed E-state index contributed by atoms with van der Waals surface area (Å²) in [5.41, 5.74) is 1.23. The highest BCUT2D eigenvalue weighted by molar-refractivity contribution is 7.17. The third-order valence-corrected chi connectivity index (χ3v) is 6.54. The molecule has 4 nitrogen and oxygen atoms in total. The number of hydrogen-bond donors (Lipinski definition) is 0. The summed E-state index contributed by atoms with van der Waals surface area (Å²) in [5, 5.41) is 0.709. The molecule has 5 rings (SSSR count). The Morgan fingerprint density at radius 3 is 2.63 bits per heavy atom. The van der Waals surface area contributed by atoms with Gasteiger partial charge in [0.25, 0.3) is 0 Å². The SMILES string of the molecule is Fc1ccc(C2(Cn3ccnc3)COC(c3ccc(-c4ccccc4Cl)s3)=N2)cc1. The van der Waals surface area contributed by atoms with Crippen LogP contribution in [-0.2, 0) is 16.8 Å². The highest BCUT2D eigenvalue weighted by Crippen LogP contribution is 2.38. The molecule has 1 aliphatic heterocycles. The average molecular weight is 438 g/mol. The van der Waals surface area contributed by atoms with Crippen LogP contribution < -0.4 is 0 Å². The second kappa shape index (κ2) is 7.70. The fourth-order valence-electron chi connectivity index (χ4n) is 3.59. The van der Waals surface area contributed by atoms with E-state index in [0.29, 0.717) is 24.1 Å². The van der Waals surface area contributed by atoms with Gasteiger partial charge in [-0.3, -0.25) is 0 Å². The number of rotatable bonds is 5. The van der Waals surface area contributed by atoms with Crippen LogP contribution >= 0.6 is 22.9 Å². The van der Waals surface area contributed by atoms with Crippen LogP contribution in [0.3, 0.4) is 0 Å². The second-order valence-corrected chi connectivity index (χ2v) is 8.61.